The molecule has 19 nitrogen and oxygen atoms in total. The third kappa shape index (κ3) is 18.1. The molecule has 78 heavy (non-hydrogen) atoms. The first kappa shape index (κ1) is 65.9. The first-order valence-electron chi connectivity index (χ1n) is 27.7. The van der Waals surface area contributed by atoms with Gasteiger partial charge in [0.2, 0.25) is 47.3 Å². The molecule has 0 spiro atoms. The molecular weight excluding hydrogens is 997 g/mol. The van der Waals surface area contributed by atoms with Crippen molar-refractivity contribution in [2.45, 2.75) is 181 Å². The number of nitrogens with zero attached hydrogens (tertiary/aromatic N) is 6. The Kier molecular flexibility index (Phi) is 26.4. The fourth-order valence-electron chi connectivity index (χ4n) is 10.1. The number of methoxy groups -OCH3 is 1. The lowest BCUT2D eigenvalue weighted by Crippen LogP contribution is -2.62. The van der Waals surface area contributed by atoms with Crippen LogP contribution >= 0.6 is 0 Å². The number of amides is 8. The van der Waals surface area contributed by atoms with Crippen molar-refractivity contribution in [3.63, 3.8) is 0 Å². The van der Waals surface area contributed by atoms with Gasteiger partial charge in [0.05, 0.1) is 18.6 Å². The monoisotopic (exact) mass is 1090 g/mol. The molecule has 0 saturated carbocycles. The molecule has 3 N–H and O–H groups in total. The zero-order valence-electron chi connectivity index (χ0n) is 49.2. The number of hydrogen-bond acceptors (Lipinski definition) is 11. The van der Waals surface area contributed by atoms with Gasteiger partial charge in [-0.2, -0.15) is 0 Å². The van der Waals surface area contributed by atoms with Crippen LogP contribution in [-0.4, -0.2) is 186 Å². The molecule has 3 rings (SSSR count). The van der Waals surface area contributed by atoms with Crippen molar-refractivity contribution in [1.82, 2.24) is 34.7 Å². The molecule has 2 aliphatic rings. The van der Waals surface area contributed by atoms with Gasteiger partial charge in [-0.05, 0) is 95.5 Å². The van der Waals surface area contributed by atoms with Crippen LogP contribution < -0.4 is 11.1 Å². The van der Waals surface area contributed by atoms with E-state index >= 15 is 9.59 Å². The van der Waals surface area contributed by atoms with E-state index in [1.54, 1.807) is 60.8 Å². The van der Waals surface area contributed by atoms with Gasteiger partial charge in [-0.15, -0.1) is 0 Å². The highest BCUT2D eigenvalue weighted by Crippen LogP contribution is 2.27. The standard InChI is InChI=1S/C59H92N8O11/c1-37(2)49-56(73)64(12)46(35-43-29-21-19-22-30-43)55(72)65(13)50(38(3)4)57(74)66(14)51(39(5)6)58(75)67-34-26-33-45(67)53(70)63(11)47(36-48(60)68)54(71)62(10)42(9)59(76)78-41(8)28-20-17-16-18-23-31-44(77-15)32-25-24-27-40(7)52(69)61-49/h16,18-19,21-22,24-25,27,29-30,37-39,41-42,44-47,49-51H,17,20,23,26,28,31-36H2,1-15H3,(H2,60,68)(H,61,69)/b18-16+,25-24+,40-27+/t41-,42+,44-,45+,46+,47+,49-,50+,51+/m1/s1. The summed E-state index contributed by atoms with van der Waals surface area (Å²) in [6.07, 6.45) is 13.3. The molecule has 0 aromatic heterocycles. The van der Waals surface area contributed by atoms with Gasteiger partial charge in [-0.1, -0.05) is 102 Å². The predicted octanol–water partition coefficient (Wildman–Crippen LogP) is 5.06. The maximum atomic E-state index is 15.1. The Labute approximate surface area is 464 Å². The number of benzene rings is 1. The van der Waals surface area contributed by atoms with Gasteiger partial charge in [-0.25, -0.2) is 4.79 Å². The molecule has 1 aromatic carbocycles. The van der Waals surface area contributed by atoms with Crippen molar-refractivity contribution in [1.29, 1.82) is 0 Å². The van der Waals surface area contributed by atoms with Crippen molar-refractivity contribution in [3.05, 3.63) is 71.8 Å². The predicted molar refractivity (Wildman–Crippen MR) is 300 cm³/mol. The van der Waals surface area contributed by atoms with Crippen LogP contribution in [0.5, 0.6) is 0 Å². The topological polar surface area (TPSA) is 230 Å². The molecule has 1 aromatic rings. The van der Waals surface area contributed by atoms with Gasteiger partial charge in [-0.3, -0.25) is 38.4 Å². The van der Waals surface area contributed by atoms with Crippen molar-refractivity contribution in [2.75, 3.05) is 48.9 Å². The average Bonchev–Trinajstić information content (AvgIpc) is 3.89. The second-order valence-electron chi connectivity index (χ2n) is 22.2. The second-order valence-corrected chi connectivity index (χ2v) is 22.2. The normalized spacial score (nSPS) is 28.4. The third-order valence-corrected chi connectivity index (χ3v) is 15.2. The number of hydrogen-bond donors (Lipinski definition) is 2. The van der Waals surface area contributed by atoms with Crippen LogP contribution in [0.15, 0.2) is 66.3 Å². The summed E-state index contributed by atoms with van der Waals surface area (Å²) < 4.78 is 11.4. The van der Waals surface area contributed by atoms with Crippen LogP contribution in [0.3, 0.4) is 0 Å². The Morgan fingerprint density at radius 1 is 0.679 bits per heavy atom. The van der Waals surface area contributed by atoms with Crippen molar-refractivity contribution >= 4 is 53.2 Å². The summed E-state index contributed by atoms with van der Waals surface area (Å²) in [5.74, 6) is -6.80. The van der Waals surface area contributed by atoms with Crippen LogP contribution in [0.1, 0.15) is 126 Å². The quantitative estimate of drug-likeness (QED) is 0.258. The molecule has 2 heterocycles. The van der Waals surface area contributed by atoms with E-state index < -0.39 is 120 Å². The zero-order chi connectivity index (χ0) is 58.7. The number of carbonyl (C=O) groups excluding carboxylic acids is 9. The van der Waals surface area contributed by atoms with Crippen LogP contribution in [0, 0.1) is 17.8 Å². The number of ether oxygens (including phenoxy) is 2. The molecule has 1 saturated heterocycles. The highest BCUT2D eigenvalue weighted by molar-refractivity contribution is 6.00. The summed E-state index contributed by atoms with van der Waals surface area (Å²) in [5, 5.41) is 2.91. The van der Waals surface area contributed by atoms with Crippen molar-refractivity contribution in [2.24, 2.45) is 23.5 Å². The zero-order valence-corrected chi connectivity index (χ0v) is 49.2. The van der Waals surface area contributed by atoms with E-state index in [2.05, 4.69) is 17.5 Å². The minimum atomic E-state index is -1.42. The number of fused-ring (bicyclic) bond motifs is 1. The van der Waals surface area contributed by atoms with Gasteiger partial charge in [0.15, 0.2) is 0 Å². The number of nitrogens with two attached hydrogens (primary N) is 1. The molecule has 0 radical (unpaired) electrons. The third-order valence-electron chi connectivity index (χ3n) is 15.2. The van der Waals surface area contributed by atoms with E-state index in [1.165, 1.54) is 61.8 Å². The van der Waals surface area contributed by atoms with Gasteiger partial charge < -0.3 is 49.9 Å². The number of esters is 1. The summed E-state index contributed by atoms with van der Waals surface area (Å²) in [7, 11) is 8.92. The van der Waals surface area contributed by atoms with E-state index in [4.69, 9.17) is 15.2 Å². The lowest BCUT2D eigenvalue weighted by atomic mass is 9.95. The lowest BCUT2D eigenvalue weighted by Gasteiger charge is -2.41. The minimum absolute atomic E-state index is 0.0779. The Morgan fingerprint density at radius 2 is 1.26 bits per heavy atom. The van der Waals surface area contributed by atoms with Crippen LogP contribution in [-0.2, 0) is 59.0 Å². The molecule has 19 heteroatoms. The number of nitrogens with one attached hydrogen (secondary N) is 1. The summed E-state index contributed by atoms with van der Waals surface area (Å²) in [4.78, 5) is 136. The Morgan fingerprint density at radius 3 is 1.85 bits per heavy atom. The average molecular weight is 1090 g/mol. The molecule has 434 valence electrons. The first-order chi connectivity index (χ1) is 36.7. The smallest absolute Gasteiger partial charge is 0.328 e. The lowest BCUT2D eigenvalue weighted by molar-refractivity contribution is -0.160. The van der Waals surface area contributed by atoms with Gasteiger partial charge in [0.25, 0.3) is 0 Å². The molecule has 0 bridgehead atoms. The number of primary amides is 1. The fraction of sp³-hybridized carbons (Fsp3) is 0.644. The van der Waals surface area contributed by atoms with E-state index in [1.807, 2.05) is 50.3 Å². The molecule has 9 atom stereocenters. The highest BCUT2D eigenvalue weighted by Gasteiger charge is 2.46. The minimum Gasteiger partial charge on any atom is -0.461 e. The Balaban J connectivity index is 2.11. The van der Waals surface area contributed by atoms with E-state index in [9.17, 15) is 33.6 Å². The van der Waals surface area contributed by atoms with Gasteiger partial charge in [0, 0.05) is 60.9 Å². The van der Waals surface area contributed by atoms with Crippen LogP contribution in [0.2, 0.25) is 0 Å². The van der Waals surface area contributed by atoms with Crippen LogP contribution in [0.4, 0.5) is 0 Å². The van der Waals surface area contributed by atoms with E-state index in [0.717, 1.165) is 41.0 Å². The largest absolute Gasteiger partial charge is 0.461 e. The molecule has 0 unspecified atom stereocenters. The summed E-state index contributed by atoms with van der Waals surface area (Å²) in [6, 6.07) is 1.20. The number of likely N-dealkylation sites (N-methyl/N-ethyl adjacent to an activating group) is 5. The van der Waals surface area contributed by atoms with Crippen molar-refractivity contribution in [3.8, 4) is 0 Å². The molecule has 1 fully saturated rings. The molecule has 2 aliphatic heterocycles. The fourth-order valence-corrected chi connectivity index (χ4v) is 10.1. The second kappa shape index (κ2) is 31.3. The highest BCUT2D eigenvalue weighted by atomic mass is 16.5. The Bertz CT molecular complexity index is 2320. The number of allylic oxidation sites excluding steroid dienone is 4. The van der Waals surface area contributed by atoms with Gasteiger partial charge in [0.1, 0.15) is 42.3 Å². The SMILES string of the molecule is CO[C@H]1C/C=C/C=C(\C)C(=O)N[C@H](C(C)C)C(=O)N(C)[C@@H](Cc2ccccc2)C(=O)N(C)[C@@H](C(C)C)C(=O)N(C)[C@@H](C(C)C)C(=O)N2CCC[C@H]2C(=O)N(C)[C@@H](CC(N)=O)C(=O)N(C)[C@@H](C)C(=O)O[C@H](C)CCC/C=C/CC1. The Hall–Kier alpha value is -6.37. The summed E-state index contributed by atoms with van der Waals surface area (Å²) in [5.41, 5.74) is 6.78. The first-order valence-corrected chi connectivity index (χ1v) is 27.7. The molecular formula is C59H92N8O11. The van der Waals surface area contributed by atoms with Crippen molar-refractivity contribution < 1.29 is 52.6 Å². The number of carbonyl (C=O) groups is 9. The summed E-state index contributed by atoms with van der Waals surface area (Å²) in [6.45, 7) is 15.8. The summed E-state index contributed by atoms with van der Waals surface area (Å²) >= 11 is 0. The van der Waals surface area contributed by atoms with E-state index in [0.29, 0.717) is 24.8 Å². The van der Waals surface area contributed by atoms with Crippen LogP contribution in [0.25, 0.3) is 0 Å². The number of cyclic esters (lactones) is 1. The maximum absolute atomic E-state index is 15.1. The maximum Gasteiger partial charge on any atom is 0.328 e. The number of rotatable bonds is 8. The van der Waals surface area contributed by atoms with Gasteiger partial charge >= 0.3 is 5.97 Å². The van der Waals surface area contributed by atoms with E-state index in [-0.39, 0.29) is 31.4 Å². The molecule has 8 amide bonds. The molecule has 0 aliphatic carbocycles.